The highest BCUT2D eigenvalue weighted by molar-refractivity contribution is 5.05. The van der Waals surface area contributed by atoms with Crippen LogP contribution in [-0.4, -0.2) is 25.2 Å². The van der Waals surface area contributed by atoms with Crippen LogP contribution in [0.5, 0.6) is 0 Å². The third-order valence-electron chi connectivity index (χ3n) is 2.12. The van der Waals surface area contributed by atoms with Crippen LogP contribution in [0.2, 0.25) is 0 Å². The second-order valence-electron chi connectivity index (χ2n) is 2.88. The van der Waals surface area contributed by atoms with Crippen molar-refractivity contribution in [3.63, 3.8) is 0 Å². The van der Waals surface area contributed by atoms with Crippen LogP contribution in [-0.2, 0) is 0 Å². The van der Waals surface area contributed by atoms with Gasteiger partial charge in [-0.3, -0.25) is 0 Å². The fourth-order valence-corrected chi connectivity index (χ4v) is 1.31. The fraction of sp³-hybridized carbons (Fsp3) is 1.00. The van der Waals surface area contributed by atoms with Crippen LogP contribution in [0.25, 0.3) is 0 Å². The molecule has 12 heavy (non-hydrogen) atoms. The quantitative estimate of drug-likeness (QED) is 0.582. The number of hydrogen-bond acceptors (Lipinski definition) is 2. The molecule has 74 valence electrons. The first kappa shape index (κ1) is 11.9. The molecule has 1 aliphatic heterocycles. The van der Waals surface area contributed by atoms with Gasteiger partial charge in [-0.1, -0.05) is 27.7 Å². The molecule has 2 heteroatoms. The molecule has 2 fully saturated rings. The maximum atomic E-state index is 3.51. The lowest BCUT2D eigenvalue weighted by Crippen LogP contribution is -2.50. The summed E-state index contributed by atoms with van der Waals surface area (Å²) in [7, 11) is 0. The van der Waals surface area contributed by atoms with Crippen molar-refractivity contribution in [2.75, 3.05) is 19.6 Å². The molecule has 0 aromatic carbocycles. The van der Waals surface area contributed by atoms with E-state index in [1.54, 1.807) is 0 Å². The molecule has 2 rings (SSSR count). The molecule has 0 amide bonds. The summed E-state index contributed by atoms with van der Waals surface area (Å²) in [4.78, 5) is 0. The highest BCUT2D eigenvalue weighted by atomic mass is 15.1. The Morgan fingerprint density at radius 1 is 0.917 bits per heavy atom. The van der Waals surface area contributed by atoms with E-state index in [9.17, 15) is 0 Å². The van der Waals surface area contributed by atoms with Gasteiger partial charge in [0.05, 0.1) is 0 Å². The Morgan fingerprint density at radius 2 is 1.50 bits per heavy atom. The molecule has 0 unspecified atom stereocenters. The molecule has 1 saturated heterocycles. The maximum absolute atomic E-state index is 3.51. The Kier molecular flexibility index (Phi) is 6.39. The van der Waals surface area contributed by atoms with Crippen LogP contribution in [0.1, 0.15) is 40.5 Å². The number of piperazine rings is 1. The smallest absolute Gasteiger partial charge is 0.0308 e. The number of rotatable bonds is 0. The van der Waals surface area contributed by atoms with E-state index >= 15 is 0 Å². The van der Waals surface area contributed by atoms with Crippen LogP contribution in [0.4, 0.5) is 0 Å². The van der Waals surface area contributed by atoms with Crippen LogP contribution >= 0.6 is 0 Å². The minimum Gasteiger partial charge on any atom is -0.314 e. The van der Waals surface area contributed by atoms with Crippen molar-refractivity contribution >= 4 is 0 Å². The Hall–Kier alpha value is -0.0800. The van der Waals surface area contributed by atoms with Gasteiger partial charge >= 0.3 is 0 Å². The third-order valence-corrected chi connectivity index (χ3v) is 2.12. The Balaban J connectivity index is 0.000000269. The summed E-state index contributed by atoms with van der Waals surface area (Å²) in [5, 5.41) is 6.88. The van der Waals surface area contributed by atoms with E-state index in [-0.39, 0.29) is 0 Å². The molecule has 0 atom stereocenters. The summed E-state index contributed by atoms with van der Waals surface area (Å²) < 4.78 is 0. The lowest BCUT2D eigenvalue weighted by atomic mass is 10.2. The Bertz CT molecular complexity index is 90.0. The molecule has 2 N–H and O–H groups in total. The van der Waals surface area contributed by atoms with Gasteiger partial charge in [0.15, 0.2) is 0 Å². The van der Waals surface area contributed by atoms with E-state index in [4.69, 9.17) is 0 Å². The third kappa shape index (κ3) is 3.55. The molecule has 0 radical (unpaired) electrons. The van der Waals surface area contributed by atoms with Crippen molar-refractivity contribution in [3.05, 3.63) is 0 Å². The zero-order valence-electron chi connectivity index (χ0n) is 9.04. The SMILES string of the molecule is C1CNC2(CC2)CN1.CC.CC. The lowest BCUT2D eigenvalue weighted by Gasteiger charge is -2.23. The summed E-state index contributed by atoms with van der Waals surface area (Å²) in [6.45, 7) is 11.5. The zero-order chi connectivity index (χ0) is 9.45. The molecular formula is C10H24N2. The van der Waals surface area contributed by atoms with Gasteiger partial charge in [0, 0.05) is 25.2 Å². The van der Waals surface area contributed by atoms with Gasteiger partial charge < -0.3 is 10.6 Å². The average Bonchev–Trinajstić information content (AvgIpc) is 2.93. The first-order valence-electron chi connectivity index (χ1n) is 5.37. The van der Waals surface area contributed by atoms with Gasteiger partial charge in [0.1, 0.15) is 0 Å². The van der Waals surface area contributed by atoms with Gasteiger partial charge in [-0.15, -0.1) is 0 Å². The molecule has 0 aromatic heterocycles. The Labute approximate surface area is 77.1 Å². The van der Waals surface area contributed by atoms with Gasteiger partial charge in [-0.25, -0.2) is 0 Å². The summed E-state index contributed by atoms with van der Waals surface area (Å²) in [5.41, 5.74) is 0.568. The number of hydrogen-bond donors (Lipinski definition) is 2. The molecule has 1 aliphatic carbocycles. The van der Waals surface area contributed by atoms with Crippen LogP contribution in [0.15, 0.2) is 0 Å². The Morgan fingerprint density at radius 3 is 1.75 bits per heavy atom. The second-order valence-corrected chi connectivity index (χ2v) is 2.88. The van der Waals surface area contributed by atoms with Gasteiger partial charge in [-0.2, -0.15) is 0 Å². The van der Waals surface area contributed by atoms with Crippen LogP contribution < -0.4 is 10.6 Å². The highest BCUT2D eigenvalue weighted by Gasteiger charge is 2.42. The van der Waals surface area contributed by atoms with Gasteiger partial charge in [0.25, 0.3) is 0 Å². The fourth-order valence-electron chi connectivity index (χ4n) is 1.31. The standard InChI is InChI=1S/C6H12N2.2C2H6/c1-2-6(1)5-7-3-4-8-6;2*1-2/h7-8H,1-5H2;2*1-2H3. The molecule has 1 spiro atoms. The van der Waals surface area contributed by atoms with E-state index in [0.29, 0.717) is 5.54 Å². The summed E-state index contributed by atoms with van der Waals surface area (Å²) in [6.07, 6.45) is 2.78. The molecule has 1 saturated carbocycles. The first-order valence-corrected chi connectivity index (χ1v) is 5.37. The number of nitrogens with one attached hydrogen (secondary N) is 2. The normalized spacial score (nSPS) is 23.0. The maximum Gasteiger partial charge on any atom is 0.0308 e. The molecule has 0 bridgehead atoms. The summed E-state index contributed by atoms with van der Waals surface area (Å²) >= 11 is 0. The van der Waals surface area contributed by atoms with Crippen molar-refractivity contribution in [1.82, 2.24) is 10.6 Å². The average molecular weight is 172 g/mol. The topological polar surface area (TPSA) is 24.1 Å². The van der Waals surface area contributed by atoms with Gasteiger partial charge in [-0.05, 0) is 12.8 Å². The largest absolute Gasteiger partial charge is 0.314 e. The molecule has 2 nitrogen and oxygen atoms in total. The van der Waals surface area contributed by atoms with Crippen molar-refractivity contribution in [2.24, 2.45) is 0 Å². The van der Waals surface area contributed by atoms with Crippen molar-refractivity contribution in [3.8, 4) is 0 Å². The minimum absolute atomic E-state index is 0.568. The molecule has 1 heterocycles. The monoisotopic (exact) mass is 172 g/mol. The molecular weight excluding hydrogens is 148 g/mol. The van der Waals surface area contributed by atoms with Crippen molar-refractivity contribution < 1.29 is 0 Å². The van der Waals surface area contributed by atoms with Crippen molar-refractivity contribution in [2.45, 2.75) is 46.1 Å². The van der Waals surface area contributed by atoms with E-state index in [2.05, 4.69) is 10.6 Å². The summed E-state index contributed by atoms with van der Waals surface area (Å²) in [5.74, 6) is 0. The highest BCUT2D eigenvalue weighted by Crippen LogP contribution is 2.34. The molecule has 0 aromatic rings. The van der Waals surface area contributed by atoms with E-state index in [1.807, 2.05) is 27.7 Å². The predicted octanol–water partition coefficient (Wildman–Crippen LogP) is 1.76. The van der Waals surface area contributed by atoms with Crippen LogP contribution in [0.3, 0.4) is 0 Å². The minimum atomic E-state index is 0.568. The van der Waals surface area contributed by atoms with Gasteiger partial charge in [0.2, 0.25) is 0 Å². The first-order chi connectivity index (χ1) is 5.91. The molecule has 2 aliphatic rings. The van der Waals surface area contributed by atoms with E-state index < -0.39 is 0 Å². The lowest BCUT2D eigenvalue weighted by molar-refractivity contribution is 0.403. The van der Waals surface area contributed by atoms with Crippen molar-refractivity contribution in [1.29, 1.82) is 0 Å². The zero-order valence-corrected chi connectivity index (χ0v) is 9.04. The van der Waals surface area contributed by atoms with E-state index in [1.165, 1.54) is 25.9 Å². The van der Waals surface area contributed by atoms with E-state index in [0.717, 1.165) is 6.54 Å². The summed E-state index contributed by atoms with van der Waals surface area (Å²) in [6, 6.07) is 0. The predicted molar refractivity (Wildman–Crippen MR) is 55.5 cm³/mol. The van der Waals surface area contributed by atoms with Crippen LogP contribution in [0, 0.1) is 0 Å². The second kappa shape index (κ2) is 6.44.